The molecule has 0 bridgehead atoms. The Hall–Kier alpha value is -1.68. The second-order valence-corrected chi connectivity index (χ2v) is 4.89. The van der Waals surface area contributed by atoms with Gasteiger partial charge in [-0.05, 0) is 31.5 Å². The standard InChI is InChI=1S/C15H21N3O/c19-15(13-18-10-6-1-2-7-11-18)17-16-12-14-8-4-3-5-9-14/h3-5,8-9,12H,1-2,6-7,10-11,13H2,(H,17,19)/b16-12+. The maximum atomic E-state index is 11.7. The van der Waals surface area contributed by atoms with Gasteiger partial charge in [0.1, 0.15) is 0 Å². The Kier molecular flexibility index (Phi) is 5.56. The summed E-state index contributed by atoms with van der Waals surface area (Å²) in [5, 5.41) is 3.98. The number of nitrogens with zero attached hydrogens (tertiary/aromatic N) is 2. The highest BCUT2D eigenvalue weighted by Crippen LogP contribution is 2.08. The number of likely N-dealkylation sites (tertiary alicyclic amines) is 1. The predicted octanol–water partition coefficient (Wildman–Crippen LogP) is 2.01. The van der Waals surface area contributed by atoms with Gasteiger partial charge in [-0.25, -0.2) is 5.43 Å². The SMILES string of the molecule is O=C(CN1CCCCCC1)N/N=C/c1ccccc1. The molecule has 0 unspecified atom stereocenters. The van der Waals surface area contributed by atoms with Crippen LogP contribution >= 0.6 is 0 Å². The van der Waals surface area contributed by atoms with Crippen LogP contribution in [0, 0.1) is 0 Å². The van der Waals surface area contributed by atoms with Crippen LogP contribution < -0.4 is 5.43 Å². The summed E-state index contributed by atoms with van der Waals surface area (Å²) in [7, 11) is 0. The number of carbonyl (C=O) groups is 1. The van der Waals surface area contributed by atoms with Crippen molar-refractivity contribution in [1.82, 2.24) is 10.3 Å². The summed E-state index contributed by atoms with van der Waals surface area (Å²) in [6.45, 7) is 2.50. The summed E-state index contributed by atoms with van der Waals surface area (Å²) in [5.41, 5.74) is 3.57. The molecule has 1 aromatic carbocycles. The smallest absolute Gasteiger partial charge is 0.254 e. The topological polar surface area (TPSA) is 44.7 Å². The lowest BCUT2D eigenvalue weighted by Gasteiger charge is -2.17. The third kappa shape index (κ3) is 5.22. The largest absolute Gasteiger partial charge is 0.294 e. The lowest BCUT2D eigenvalue weighted by atomic mass is 10.2. The quantitative estimate of drug-likeness (QED) is 0.664. The van der Waals surface area contributed by atoms with Crippen LogP contribution in [0.15, 0.2) is 35.4 Å². The highest BCUT2D eigenvalue weighted by molar-refractivity contribution is 5.83. The highest BCUT2D eigenvalue weighted by atomic mass is 16.2. The zero-order valence-corrected chi connectivity index (χ0v) is 11.2. The lowest BCUT2D eigenvalue weighted by Crippen LogP contribution is -2.35. The van der Waals surface area contributed by atoms with E-state index in [1.807, 2.05) is 30.3 Å². The van der Waals surface area contributed by atoms with Crippen molar-refractivity contribution in [2.75, 3.05) is 19.6 Å². The Labute approximate surface area is 114 Å². The van der Waals surface area contributed by atoms with Gasteiger partial charge in [-0.2, -0.15) is 5.10 Å². The van der Waals surface area contributed by atoms with Gasteiger partial charge in [-0.1, -0.05) is 43.2 Å². The Bertz CT molecular complexity index is 409. The molecule has 1 N–H and O–H groups in total. The Balaban J connectivity index is 1.73. The number of rotatable bonds is 4. The van der Waals surface area contributed by atoms with E-state index >= 15 is 0 Å². The van der Waals surface area contributed by atoms with Crippen molar-refractivity contribution in [2.45, 2.75) is 25.7 Å². The average Bonchev–Trinajstić information content (AvgIpc) is 2.68. The van der Waals surface area contributed by atoms with Crippen LogP contribution in [0.3, 0.4) is 0 Å². The molecule has 1 fully saturated rings. The van der Waals surface area contributed by atoms with Crippen LogP contribution in [-0.4, -0.2) is 36.7 Å². The second-order valence-electron chi connectivity index (χ2n) is 4.89. The van der Waals surface area contributed by atoms with Crippen molar-refractivity contribution in [3.05, 3.63) is 35.9 Å². The zero-order chi connectivity index (χ0) is 13.3. The number of benzene rings is 1. The van der Waals surface area contributed by atoms with Gasteiger partial charge in [-0.15, -0.1) is 0 Å². The molecule has 2 rings (SSSR count). The molecule has 0 aliphatic carbocycles. The Morgan fingerprint density at radius 3 is 2.53 bits per heavy atom. The van der Waals surface area contributed by atoms with Gasteiger partial charge in [0.2, 0.25) is 0 Å². The molecule has 0 saturated carbocycles. The molecule has 1 aliphatic rings. The summed E-state index contributed by atoms with van der Waals surface area (Å²) in [6.07, 6.45) is 6.62. The highest BCUT2D eigenvalue weighted by Gasteiger charge is 2.12. The number of hydrazone groups is 1. The first-order valence-electron chi connectivity index (χ1n) is 6.94. The van der Waals surface area contributed by atoms with E-state index in [2.05, 4.69) is 15.4 Å². The molecule has 102 valence electrons. The zero-order valence-electron chi connectivity index (χ0n) is 11.2. The summed E-state index contributed by atoms with van der Waals surface area (Å²) in [5.74, 6) is -0.0333. The molecule has 4 nitrogen and oxygen atoms in total. The minimum atomic E-state index is -0.0333. The minimum Gasteiger partial charge on any atom is -0.294 e. The normalized spacial score (nSPS) is 17.3. The molecule has 1 amide bonds. The molecule has 0 aromatic heterocycles. The minimum absolute atomic E-state index is 0.0333. The van der Waals surface area contributed by atoms with Crippen molar-refractivity contribution in [3.8, 4) is 0 Å². The van der Waals surface area contributed by atoms with E-state index in [0.717, 1.165) is 18.7 Å². The van der Waals surface area contributed by atoms with Crippen LogP contribution in [-0.2, 0) is 4.79 Å². The molecule has 0 atom stereocenters. The molecule has 0 spiro atoms. The monoisotopic (exact) mass is 259 g/mol. The third-order valence-electron chi connectivity index (χ3n) is 3.27. The molecule has 1 aliphatic heterocycles. The number of carbonyl (C=O) groups excluding carboxylic acids is 1. The maximum absolute atomic E-state index is 11.7. The molecule has 1 aromatic rings. The summed E-state index contributed by atoms with van der Waals surface area (Å²) < 4.78 is 0. The first kappa shape index (κ1) is 13.7. The summed E-state index contributed by atoms with van der Waals surface area (Å²) >= 11 is 0. The molecular weight excluding hydrogens is 238 g/mol. The van der Waals surface area contributed by atoms with E-state index in [9.17, 15) is 4.79 Å². The fourth-order valence-electron chi connectivity index (χ4n) is 2.25. The van der Waals surface area contributed by atoms with Crippen LogP contribution in [0.1, 0.15) is 31.2 Å². The number of hydrogen-bond donors (Lipinski definition) is 1. The number of hydrogen-bond acceptors (Lipinski definition) is 3. The van der Waals surface area contributed by atoms with Gasteiger partial charge >= 0.3 is 0 Å². The molecule has 1 saturated heterocycles. The van der Waals surface area contributed by atoms with Crippen molar-refractivity contribution in [1.29, 1.82) is 0 Å². The second kappa shape index (κ2) is 7.69. The average molecular weight is 259 g/mol. The van der Waals surface area contributed by atoms with Crippen molar-refractivity contribution >= 4 is 12.1 Å². The lowest BCUT2D eigenvalue weighted by molar-refractivity contribution is -0.122. The van der Waals surface area contributed by atoms with E-state index in [4.69, 9.17) is 0 Å². The van der Waals surface area contributed by atoms with E-state index in [-0.39, 0.29) is 5.91 Å². The van der Waals surface area contributed by atoms with Crippen molar-refractivity contribution in [3.63, 3.8) is 0 Å². The van der Waals surface area contributed by atoms with Crippen LogP contribution in [0.25, 0.3) is 0 Å². The number of amides is 1. The van der Waals surface area contributed by atoms with Gasteiger partial charge in [0.25, 0.3) is 5.91 Å². The van der Waals surface area contributed by atoms with Crippen LogP contribution in [0.5, 0.6) is 0 Å². The van der Waals surface area contributed by atoms with E-state index in [1.54, 1.807) is 6.21 Å². The van der Waals surface area contributed by atoms with Gasteiger partial charge in [-0.3, -0.25) is 9.69 Å². The molecular formula is C15H21N3O. The Morgan fingerprint density at radius 1 is 1.16 bits per heavy atom. The third-order valence-corrected chi connectivity index (χ3v) is 3.27. The van der Waals surface area contributed by atoms with Crippen LogP contribution in [0.4, 0.5) is 0 Å². The number of nitrogens with one attached hydrogen (secondary N) is 1. The van der Waals surface area contributed by atoms with Gasteiger partial charge in [0, 0.05) is 0 Å². The van der Waals surface area contributed by atoms with Crippen LogP contribution in [0.2, 0.25) is 0 Å². The fraction of sp³-hybridized carbons (Fsp3) is 0.467. The molecule has 1 heterocycles. The summed E-state index contributed by atoms with van der Waals surface area (Å²) in [6, 6.07) is 9.74. The summed E-state index contributed by atoms with van der Waals surface area (Å²) in [4.78, 5) is 14.0. The predicted molar refractivity (Wildman–Crippen MR) is 77.1 cm³/mol. The van der Waals surface area contributed by atoms with E-state index in [0.29, 0.717) is 6.54 Å². The van der Waals surface area contributed by atoms with E-state index in [1.165, 1.54) is 25.7 Å². The van der Waals surface area contributed by atoms with Gasteiger partial charge in [0.15, 0.2) is 0 Å². The molecule has 19 heavy (non-hydrogen) atoms. The fourth-order valence-corrected chi connectivity index (χ4v) is 2.25. The van der Waals surface area contributed by atoms with E-state index < -0.39 is 0 Å². The van der Waals surface area contributed by atoms with Gasteiger partial charge < -0.3 is 0 Å². The maximum Gasteiger partial charge on any atom is 0.254 e. The molecule has 0 radical (unpaired) electrons. The van der Waals surface area contributed by atoms with Crippen molar-refractivity contribution < 1.29 is 4.79 Å². The molecule has 4 heteroatoms. The van der Waals surface area contributed by atoms with Gasteiger partial charge in [0.05, 0.1) is 12.8 Å². The van der Waals surface area contributed by atoms with Crippen molar-refractivity contribution in [2.24, 2.45) is 5.10 Å². The first-order valence-corrected chi connectivity index (χ1v) is 6.94. The Morgan fingerprint density at radius 2 is 1.84 bits per heavy atom. The first-order chi connectivity index (χ1) is 9.34.